The molecule has 4 N–H and O–H groups in total. The Morgan fingerprint density at radius 1 is 1.02 bits per heavy atom. The van der Waals surface area contributed by atoms with Crippen molar-refractivity contribution in [3.63, 3.8) is 0 Å². The predicted octanol–water partition coefficient (Wildman–Crippen LogP) is 6.09. The number of fused-ring (bicyclic) bond motifs is 1. The molecule has 214 valence electrons. The van der Waals surface area contributed by atoms with Gasteiger partial charge >= 0.3 is 0 Å². The van der Waals surface area contributed by atoms with Crippen LogP contribution in [-0.2, 0) is 14.8 Å². The van der Waals surface area contributed by atoms with Gasteiger partial charge in [-0.1, -0.05) is 41.9 Å². The molecule has 1 aliphatic heterocycles. The van der Waals surface area contributed by atoms with E-state index in [2.05, 4.69) is 15.0 Å². The Morgan fingerprint density at radius 2 is 1.76 bits per heavy atom. The first-order valence-corrected chi connectivity index (χ1v) is 15.3. The molecule has 42 heavy (non-hydrogen) atoms. The van der Waals surface area contributed by atoms with Crippen LogP contribution in [0.1, 0.15) is 18.9 Å². The van der Waals surface area contributed by atoms with E-state index < -0.39 is 15.8 Å². The fraction of sp³-hybridized carbons (Fsp3) is 0.200. The Labute approximate surface area is 246 Å². The van der Waals surface area contributed by atoms with Crippen molar-refractivity contribution in [3.05, 3.63) is 83.8 Å². The van der Waals surface area contributed by atoms with Gasteiger partial charge in [-0.25, -0.2) is 17.8 Å². The standard InChI is InChI=1S/C30H26ClFN6O3S/c31-23-3-1-2-4-26(23)42(39,40)37-25-12-7-18(13-24(25)32)28-27-29(38(36-28)21-10-11-21)22(14-34-30(27)33)17-5-8-19(9-6-17)35-20-15-41-16-20/h1-9,12-14,20-21,35,37H,10-11,15-16H2,(H2,33,34). The van der Waals surface area contributed by atoms with Crippen molar-refractivity contribution in [1.82, 2.24) is 14.8 Å². The molecule has 2 aromatic heterocycles. The fourth-order valence-corrected chi connectivity index (χ4v) is 6.69. The number of sulfonamides is 1. The number of benzene rings is 3. The van der Waals surface area contributed by atoms with E-state index >= 15 is 4.39 Å². The molecule has 0 radical (unpaired) electrons. The number of rotatable bonds is 8. The molecule has 0 spiro atoms. The lowest BCUT2D eigenvalue weighted by atomic mass is 10.0. The number of nitrogens with zero attached hydrogens (tertiary/aromatic N) is 3. The van der Waals surface area contributed by atoms with Crippen molar-refractivity contribution in [2.75, 3.05) is 29.0 Å². The van der Waals surface area contributed by atoms with Crippen LogP contribution in [0.5, 0.6) is 0 Å². The van der Waals surface area contributed by atoms with E-state index in [9.17, 15) is 8.42 Å². The molecule has 0 unspecified atom stereocenters. The topological polar surface area (TPSA) is 124 Å². The first-order chi connectivity index (χ1) is 20.3. The minimum Gasteiger partial charge on any atom is -0.383 e. The van der Waals surface area contributed by atoms with E-state index in [4.69, 9.17) is 27.2 Å². The lowest BCUT2D eigenvalue weighted by Gasteiger charge is -2.27. The van der Waals surface area contributed by atoms with Gasteiger partial charge in [0.2, 0.25) is 0 Å². The lowest BCUT2D eigenvalue weighted by Crippen LogP contribution is -2.40. The number of hydrogen-bond donors (Lipinski definition) is 3. The average molecular weight is 605 g/mol. The van der Waals surface area contributed by atoms with Crippen molar-refractivity contribution in [2.45, 2.75) is 29.8 Å². The third-order valence-electron chi connectivity index (χ3n) is 7.46. The van der Waals surface area contributed by atoms with Gasteiger partial charge in [0.05, 0.1) is 46.9 Å². The van der Waals surface area contributed by atoms with Crippen LogP contribution in [0, 0.1) is 5.82 Å². The quantitative estimate of drug-likeness (QED) is 0.196. The second-order valence-corrected chi connectivity index (χ2v) is 12.5. The minimum atomic E-state index is -4.11. The maximum Gasteiger partial charge on any atom is 0.263 e. The van der Waals surface area contributed by atoms with Crippen LogP contribution in [0.15, 0.2) is 77.8 Å². The number of aromatic nitrogens is 3. The Hall–Kier alpha value is -4.19. The van der Waals surface area contributed by atoms with Gasteiger partial charge in [0.25, 0.3) is 10.0 Å². The summed E-state index contributed by atoms with van der Waals surface area (Å²) < 4.78 is 50.7. The molecule has 3 heterocycles. The Morgan fingerprint density at radius 3 is 2.43 bits per heavy atom. The van der Waals surface area contributed by atoms with E-state index in [0.717, 1.165) is 35.2 Å². The zero-order valence-corrected chi connectivity index (χ0v) is 23.8. The van der Waals surface area contributed by atoms with Gasteiger partial charge in [-0.05, 0) is 54.8 Å². The van der Waals surface area contributed by atoms with Crippen LogP contribution in [-0.4, -0.2) is 42.4 Å². The third kappa shape index (κ3) is 4.83. The summed E-state index contributed by atoms with van der Waals surface area (Å²) in [5.74, 6) is -0.484. The number of nitrogens with one attached hydrogen (secondary N) is 2. The Balaban J connectivity index is 1.27. The molecule has 0 bridgehead atoms. The molecule has 0 atom stereocenters. The molecule has 0 amide bonds. The Kier molecular flexibility index (Phi) is 6.52. The number of anilines is 3. The monoisotopic (exact) mass is 604 g/mol. The highest BCUT2D eigenvalue weighted by Gasteiger charge is 2.31. The van der Waals surface area contributed by atoms with E-state index in [1.807, 2.05) is 28.9 Å². The van der Waals surface area contributed by atoms with Crippen LogP contribution < -0.4 is 15.8 Å². The van der Waals surface area contributed by atoms with E-state index in [-0.39, 0.29) is 27.5 Å². The molecule has 1 saturated carbocycles. The number of hydrogen-bond acceptors (Lipinski definition) is 7. The van der Waals surface area contributed by atoms with Crippen molar-refractivity contribution in [1.29, 1.82) is 0 Å². The fourth-order valence-electron chi connectivity index (χ4n) is 5.10. The first kappa shape index (κ1) is 26.7. The van der Waals surface area contributed by atoms with Gasteiger partial charge in [0.1, 0.15) is 22.2 Å². The predicted molar refractivity (Wildman–Crippen MR) is 162 cm³/mol. The SMILES string of the molecule is Nc1ncc(-c2ccc(NC3COC3)cc2)c2c1c(-c1ccc(NS(=O)(=O)c3ccccc3Cl)c(F)c1)nn2C1CC1. The lowest BCUT2D eigenvalue weighted by molar-refractivity contribution is 0.0211. The van der Waals surface area contributed by atoms with Crippen LogP contribution in [0.2, 0.25) is 5.02 Å². The van der Waals surface area contributed by atoms with Crippen LogP contribution in [0.3, 0.4) is 0 Å². The molecule has 1 saturated heterocycles. The van der Waals surface area contributed by atoms with Crippen LogP contribution in [0.4, 0.5) is 21.6 Å². The smallest absolute Gasteiger partial charge is 0.263 e. The largest absolute Gasteiger partial charge is 0.383 e. The second-order valence-electron chi connectivity index (χ2n) is 10.5. The van der Waals surface area contributed by atoms with Gasteiger partial charge in [0.15, 0.2) is 0 Å². The molecular formula is C30H26ClFN6O3S. The third-order valence-corrected chi connectivity index (χ3v) is 9.33. The van der Waals surface area contributed by atoms with E-state index in [0.29, 0.717) is 35.9 Å². The molecule has 1 aliphatic carbocycles. The summed E-state index contributed by atoms with van der Waals surface area (Å²) in [6, 6.07) is 18.8. The van der Waals surface area contributed by atoms with Gasteiger partial charge in [-0.15, -0.1) is 0 Å². The van der Waals surface area contributed by atoms with Gasteiger partial charge < -0.3 is 15.8 Å². The van der Waals surface area contributed by atoms with Gasteiger partial charge in [-0.3, -0.25) is 9.40 Å². The number of halogens is 2. The number of ether oxygens (including phenoxy) is 1. The zero-order valence-electron chi connectivity index (χ0n) is 22.2. The molecular weight excluding hydrogens is 579 g/mol. The van der Waals surface area contributed by atoms with Crippen LogP contribution >= 0.6 is 11.6 Å². The summed E-state index contributed by atoms with van der Waals surface area (Å²) >= 11 is 6.07. The van der Waals surface area contributed by atoms with Gasteiger partial charge in [0, 0.05) is 23.0 Å². The summed E-state index contributed by atoms with van der Waals surface area (Å²) in [7, 11) is -4.11. The maximum atomic E-state index is 15.4. The molecule has 7 rings (SSSR count). The van der Waals surface area contributed by atoms with Crippen molar-refractivity contribution < 1.29 is 17.5 Å². The molecule has 12 heteroatoms. The first-order valence-electron chi connectivity index (χ1n) is 13.5. The molecule has 3 aromatic carbocycles. The highest BCUT2D eigenvalue weighted by molar-refractivity contribution is 7.92. The normalized spacial score (nSPS) is 15.5. The number of nitrogen functional groups attached to an aromatic ring is 1. The minimum absolute atomic E-state index is 0.0387. The average Bonchev–Trinajstić information content (AvgIpc) is 3.72. The zero-order chi connectivity index (χ0) is 29.0. The van der Waals surface area contributed by atoms with E-state index in [1.54, 1.807) is 24.4 Å². The molecule has 2 fully saturated rings. The molecule has 5 aromatic rings. The number of nitrogens with two attached hydrogens (primary N) is 1. The maximum absolute atomic E-state index is 15.4. The summed E-state index contributed by atoms with van der Waals surface area (Å²) in [4.78, 5) is 4.34. The number of pyridine rings is 1. The highest BCUT2D eigenvalue weighted by atomic mass is 35.5. The van der Waals surface area contributed by atoms with Gasteiger partial charge in [-0.2, -0.15) is 5.10 Å². The van der Waals surface area contributed by atoms with Crippen molar-refractivity contribution >= 4 is 49.7 Å². The summed E-state index contributed by atoms with van der Waals surface area (Å²) in [5, 5.41) is 9.00. The van der Waals surface area contributed by atoms with Crippen molar-refractivity contribution in [3.8, 4) is 22.4 Å². The Bertz CT molecular complexity index is 1940. The molecule has 2 aliphatic rings. The second kappa shape index (κ2) is 10.3. The van der Waals surface area contributed by atoms with E-state index in [1.165, 1.54) is 24.3 Å². The highest BCUT2D eigenvalue weighted by Crippen LogP contribution is 2.44. The van der Waals surface area contributed by atoms with Crippen LogP contribution in [0.25, 0.3) is 33.3 Å². The summed E-state index contributed by atoms with van der Waals surface area (Å²) in [6.45, 7) is 1.39. The van der Waals surface area contributed by atoms with Crippen molar-refractivity contribution in [2.24, 2.45) is 0 Å². The molecule has 9 nitrogen and oxygen atoms in total. The summed E-state index contributed by atoms with van der Waals surface area (Å²) in [6.07, 6.45) is 3.69. The summed E-state index contributed by atoms with van der Waals surface area (Å²) in [5.41, 5.74) is 10.8.